The average molecular weight is 214 g/mol. The topological polar surface area (TPSA) is 43.4 Å². The van der Waals surface area contributed by atoms with Crippen LogP contribution >= 0.6 is 0 Å². The summed E-state index contributed by atoms with van der Waals surface area (Å²) in [4.78, 5) is 23.2. The predicted octanol–water partition coefficient (Wildman–Crippen LogP) is 2.44. The van der Waals surface area contributed by atoms with E-state index < -0.39 is 5.41 Å². The molecule has 3 heteroatoms. The van der Waals surface area contributed by atoms with Gasteiger partial charge in [-0.1, -0.05) is 34.6 Å². The van der Waals surface area contributed by atoms with E-state index in [4.69, 9.17) is 0 Å². The molecule has 0 unspecified atom stereocenters. The fraction of sp³-hybridized carbons (Fsp3) is 0.833. The van der Waals surface area contributed by atoms with Crippen molar-refractivity contribution in [2.45, 2.75) is 41.0 Å². The quantitative estimate of drug-likeness (QED) is 0.675. The highest BCUT2D eigenvalue weighted by Gasteiger charge is 2.33. The highest BCUT2D eigenvalue weighted by molar-refractivity contribution is 5.89. The van der Waals surface area contributed by atoms with Gasteiger partial charge in [0.2, 0.25) is 0 Å². The van der Waals surface area contributed by atoms with E-state index >= 15 is 0 Å². The molecule has 0 N–H and O–H groups in total. The van der Waals surface area contributed by atoms with Gasteiger partial charge in [0, 0.05) is 11.3 Å². The minimum Gasteiger partial charge on any atom is -0.469 e. The van der Waals surface area contributed by atoms with E-state index in [2.05, 4.69) is 4.74 Å². The molecule has 0 saturated carbocycles. The summed E-state index contributed by atoms with van der Waals surface area (Å²) in [5, 5.41) is 0. The maximum Gasteiger partial charge on any atom is 0.306 e. The molecule has 3 nitrogen and oxygen atoms in total. The first-order valence-corrected chi connectivity index (χ1v) is 5.31. The monoisotopic (exact) mass is 214 g/mol. The van der Waals surface area contributed by atoms with Gasteiger partial charge in [0.15, 0.2) is 0 Å². The van der Waals surface area contributed by atoms with E-state index in [1.807, 2.05) is 34.6 Å². The van der Waals surface area contributed by atoms with Crippen molar-refractivity contribution in [1.29, 1.82) is 0 Å². The fourth-order valence-electron chi connectivity index (χ4n) is 1.45. The molecule has 0 saturated heterocycles. The molecule has 0 heterocycles. The van der Waals surface area contributed by atoms with Gasteiger partial charge in [0.05, 0.1) is 13.5 Å². The molecule has 1 atom stereocenters. The predicted molar refractivity (Wildman–Crippen MR) is 59.4 cm³/mol. The van der Waals surface area contributed by atoms with E-state index in [0.29, 0.717) is 0 Å². The molecule has 0 fully saturated rings. The summed E-state index contributed by atoms with van der Waals surface area (Å²) in [6.45, 7) is 9.54. The molecular formula is C12H22O3. The summed E-state index contributed by atoms with van der Waals surface area (Å²) >= 11 is 0. The lowest BCUT2D eigenvalue weighted by Gasteiger charge is -2.26. The summed E-state index contributed by atoms with van der Waals surface area (Å²) in [5.41, 5.74) is -0.400. The van der Waals surface area contributed by atoms with Gasteiger partial charge in [-0.25, -0.2) is 0 Å². The third-order valence-electron chi connectivity index (χ3n) is 2.49. The van der Waals surface area contributed by atoms with Crippen LogP contribution in [0, 0.1) is 17.3 Å². The minimum absolute atomic E-state index is 0.128. The van der Waals surface area contributed by atoms with Gasteiger partial charge in [-0.05, 0) is 5.92 Å². The maximum atomic E-state index is 12.0. The number of Topliss-reactive ketones (excluding diaryl/α,β-unsaturated/α-hetero) is 1. The summed E-state index contributed by atoms with van der Waals surface area (Å²) in [6, 6.07) is 0. The molecule has 0 radical (unpaired) electrons. The van der Waals surface area contributed by atoms with Crippen LogP contribution < -0.4 is 0 Å². The molecule has 0 amide bonds. The Kier molecular flexibility index (Phi) is 4.98. The van der Waals surface area contributed by atoms with Crippen molar-refractivity contribution in [2.75, 3.05) is 7.11 Å². The van der Waals surface area contributed by atoms with Crippen LogP contribution in [0.3, 0.4) is 0 Å². The Bertz CT molecular complexity index is 236. The lowest BCUT2D eigenvalue weighted by molar-refractivity contribution is -0.146. The lowest BCUT2D eigenvalue weighted by Crippen LogP contribution is -2.33. The van der Waals surface area contributed by atoms with E-state index in [9.17, 15) is 9.59 Å². The van der Waals surface area contributed by atoms with Crippen molar-refractivity contribution < 1.29 is 14.3 Å². The number of esters is 1. The summed E-state index contributed by atoms with van der Waals surface area (Å²) in [6.07, 6.45) is 0.185. The van der Waals surface area contributed by atoms with Crippen LogP contribution in [0.25, 0.3) is 0 Å². The summed E-state index contributed by atoms with van der Waals surface area (Å²) < 4.78 is 4.60. The zero-order chi connectivity index (χ0) is 12.2. The van der Waals surface area contributed by atoms with E-state index in [-0.39, 0.29) is 30.0 Å². The smallest absolute Gasteiger partial charge is 0.306 e. The second-order valence-electron chi connectivity index (χ2n) is 5.25. The molecule has 15 heavy (non-hydrogen) atoms. The first-order chi connectivity index (χ1) is 6.70. The molecule has 0 rings (SSSR count). The number of hydrogen-bond acceptors (Lipinski definition) is 3. The van der Waals surface area contributed by atoms with Gasteiger partial charge >= 0.3 is 5.97 Å². The Morgan fingerprint density at radius 2 is 1.67 bits per heavy atom. The number of methoxy groups -OCH3 is 1. The fourth-order valence-corrected chi connectivity index (χ4v) is 1.45. The first-order valence-electron chi connectivity index (χ1n) is 5.31. The Labute approximate surface area is 92.2 Å². The first kappa shape index (κ1) is 14.1. The van der Waals surface area contributed by atoms with Gasteiger partial charge in [0.25, 0.3) is 0 Å². The van der Waals surface area contributed by atoms with Gasteiger partial charge in [-0.3, -0.25) is 9.59 Å². The van der Waals surface area contributed by atoms with Gasteiger partial charge in [0.1, 0.15) is 5.78 Å². The van der Waals surface area contributed by atoms with Crippen molar-refractivity contribution in [2.24, 2.45) is 17.3 Å². The van der Waals surface area contributed by atoms with Crippen LogP contribution in [0.2, 0.25) is 0 Å². The van der Waals surface area contributed by atoms with Gasteiger partial charge < -0.3 is 4.74 Å². The Balaban J connectivity index is 4.68. The van der Waals surface area contributed by atoms with Crippen LogP contribution in [0.5, 0.6) is 0 Å². The van der Waals surface area contributed by atoms with E-state index in [0.717, 1.165) is 0 Å². The minimum atomic E-state index is -0.400. The van der Waals surface area contributed by atoms with Crippen molar-refractivity contribution in [3.8, 4) is 0 Å². The zero-order valence-corrected chi connectivity index (χ0v) is 10.6. The molecule has 0 bridgehead atoms. The average Bonchev–Trinajstić information content (AvgIpc) is 2.10. The maximum absolute atomic E-state index is 12.0. The summed E-state index contributed by atoms with van der Waals surface area (Å²) in [7, 11) is 1.35. The highest BCUT2D eigenvalue weighted by Crippen LogP contribution is 2.27. The molecule has 0 aliphatic carbocycles. The molecule has 0 aromatic rings. The molecule has 0 aromatic carbocycles. The lowest BCUT2D eigenvalue weighted by atomic mass is 9.77. The van der Waals surface area contributed by atoms with Crippen molar-refractivity contribution in [3.63, 3.8) is 0 Å². The van der Waals surface area contributed by atoms with Crippen LogP contribution in [0.15, 0.2) is 0 Å². The SMILES string of the molecule is COC(=O)C[C@H](C(=O)C(C)(C)C)C(C)C. The number of hydrogen-bond donors (Lipinski definition) is 0. The number of ketones is 1. The number of rotatable bonds is 4. The van der Waals surface area contributed by atoms with Gasteiger partial charge in [-0.2, -0.15) is 0 Å². The largest absolute Gasteiger partial charge is 0.469 e. The number of ether oxygens (including phenoxy) is 1. The highest BCUT2D eigenvalue weighted by atomic mass is 16.5. The third-order valence-corrected chi connectivity index (χ3v) is 2.49. The van der Waals surface area contributed by atoms with Crippen molar-refractivity contribution in [1.82, 2.24) is 0 Å². The molecule has 0 aliphatic rings. The number of carbonyl (C=O) groups excluding carboxylic acids is 2. The second kappa shape index (κ2) is 5.29. The molecule has 88 valence electrons. The molecular weight excluding hydrogens is 192 g/mol. The number of carbonyl (C=O) groups is 2. The van der Waals surface area contributed by atoms with Crippen LogP contribution in [-0.4, -0.2) is 18.9 Å². The molecule has 0 aromatic heterocycles. The van der Waals surface area contributed by atoms with Crippen LogP contribution in [0.1, 0.15) is 41.0 Å². The van der Waals surface area contributed by atoms with E-state index in [1.165, 1.54) is 7.11 Å². The second-order valence-corrected chi connectivity index (χ2v) is 5.25. The third kappa shape index (κ3) is 4.45. The molecule has 0 spiro atoms. The summed E-state index contributed by atoms with van der Waals surface area (Å²) in [5.74, 6) is -0.262. The van der Waals surface area contributed by atoms with Gasteiger partial charge in [-0.15, -0.1) is 0 Å². The van der Waals surface area contributed by atoms with Crippen LogP contribution in [0.4, 0.5) is 0 Å². The Morgan fingerprint density at radius 3 is 1.93 bits per heavy atom. The zero-order valence-electron chi connectivity index (χ0n) is 10.6. The Hall–Kier alpha value is -0.860. The van der Waals surface area contributed by atoms with Crippen molar-refractivity contribution in [3.05, 3.63) is 0 Å². The molecule has 0 aliphatic heterocycles. The Morgan fingerprint density at radius 1 is 1.20 bits per heavy atom. The van der Waals surface area contributed by atoms with E-state index in [1.54, 1.807) is 0 Å². The normalized spacial score (nSPS) is 13.8. The standard InChI is InChI=1S/C12H22O3/c1-8(2)9(7-10(13)15-6)11(14)12(3,4)5/h8-9H,7H2,1-6H3/t9-/m0/s1. The van der Waals surface area contributed by atoms with Crippen molar-refractivity contribution >= 4 is 11.8 Å². The van der Waals surface area contributed by atoms with Crippen LogP contribution in [-0.2, 0) is 14.3 Å².